The Kier molecular flexibility index (Phi) is 4.45. The van der Waals surface area contributed by atoms with Crippen LogP contribution < -0.4 is 5.32 Å². The first kappa shape index (κ1) is 18.9. The molecule has 146 valence electrons. The van der Waals surface area contributed by atoms with Gasteiger partial charge >= 0.3 is 0 Å². The van der Waals surface area contributed by atoms with Crippen LogP contribution in [0.2, 0.25) is 0 Å². The zero-order valence-electron chi connectivity index (χ0n) is 17.6. The molecular formula is C25H30N2O. The maximum atomic E-state index is 13.5. The minimum Gasteiger partial charge on any atom is -0.343 e. The number of allylic oxidation sites excluding steroid dienone is 2. The molecule has 1 atom stereocenters. The monoisotopic (exact) mass is 374 g/mol. The molecule has 1 aliphatic carbocycles. The van der Waals surface area contributed by atoms with E-state index in [2.05, 4.69) is 75.3 Å². The van der Waals surface area contributed by atoms with Gasteiger partial charge in [0.15, 0.2) is 5.78 Å². The van der Waals surface area contributed by atoms with Crippen molar-refractivity contribution in [2.75, 3.05) is 5.32 Å². The van der Waals surface area contributed by atoms with Gasteiger partial charge in [0, 0.05) is 29.5 Å². The number of ketones is 1. The normalized spacial score (nSPS) is 23.3. The summed E-state index contributed by atoms with van der Waals surface area (Å²) in [5.74, 6) is 1.60. The van der Waals surface area contributed by atoms with Crippen molar-refractivity contribution in [3.8, 4) is 0 Å². The molecule has 3 heteroatoms. The van der Waals surface area contributed by atoms with Gasteiger partial charge in [-0.05, 0) is 41.4 Å². The Morgan fingerprint density at radius 2 is 1.93 bits per heavy atom. The van der Waals surface area contributed by atoms with Gasteiger partial charge in [0.2, 0.25) is 0 Å². The van der Waals surface area contributed by atoms with Gasteiger partial charge in [-0.2, -0.15) is 0 Å². The molecule has 1 aromatic carbocycles. The number of fused-ring (bicyclic) bond motifs is 1. The Morgan fingerprint density at radius 1 is 1.14 bits per heavy atom. The molecule has 3 nitrogen and oxygen atoms in total. The van der Waals surface area contributed by atoms with Gasteiger partial charge in [-0.3, -0.25) is 4.79 Å². The summed E-state index contributed by atoms with van der Waals surface area (Å²) in [7, 11) is 0. The Labute approximate surface area is 168 Å². The van der Waals surface area contributed by atoms with Crippen LogP contribution in [0.25, 0.3) is 0 Å². The van der Waals surface area contributed by atoms with Crippen LogP contribution in [-0.2, 0) is 10.2 Å². The van der Waals surface area contributed by atoms with Crippen molar-refractivity contribution in [1.29, 1.82) is 0 Å². The molecule has 4 rings (SSSR count). The van der Waals surface area contributed by atoms with E-state index in [1.165, 1.54) is 11.1 Å². The minimum absolute atomic E-state index is 0.0333. The molecule has 0 spiro atoms. The lowest BCUT2D eigenvalue weighted by Crippen LogP contribution is -2.43. The standard InChI is InChI=1S/C25H30N2O/c1-6-25(18-10-7-9-17(13-18)16(2)3)19-11-8-12-26-23(19)27-20-14-24(4,5)15-21(28)22(20)25/h7-13,16H,6,14-15H2,1-5H3,(H,26,27)/t25-/m0/s1. The topological polar surface area (TPSA) is 42.0 Å². The molecule has 2 heterocycles. The lowest BCUT2D eigenvalue weighted by atomic mass is 9.59. The summed E-state index contributed by atoms with van der Waals surface area (Å²) in [4.78, 5) is 18.2. The largest absolute Gasteiger partial charge is 0.343 e. The average molecular weight is 375 g/mol. The Balaban J connectivity index is 2.04. The molecule has 0 radical (unpaired) electrons. The van der Waals surface area contributed by atoms with Gasteiger partial charge in [0.05, 0.1) is 5.41 Å². The van der Waals surface area contributed by atoms with E-state index in [1.54, 1.807) is 0 Å². The van der Waals surface area contributed by atoms with Gasteiger partial charge < -0.3 is 5.32 Å². The third-order valence-electron chi connectivity index (χ3n) is 6.42. The fourth-order valence-corrected chi connectivity index (χ4v) is 5.08. The number of hydrogen-bond donors (Lipinski definition) is 1. The number of Topliss-reactive ketones (excluding diaryl/α,β-unsaturated/α-hetero) is 1. The number of benzene rings is 1. The molecular weight excluding hydrogens is 344 g/mol. The fraction of sp³-hybridized carbons (Fsp3) is 0.440. The fourth-order valence-electron chi connectivity index (χ4n) is 5.08. The van der Waals surface area contributed by atoms with Crippen LogP contribution in [0, 0.1) is 5.41 Å². The first-order valence-corrected chi connectivity index (χ1v) is 10.4. The number of nitrogens with zero attached hydrogens (tertiary/aromatic N) is 1. The molecule has 0 unspecified atom stereocenters. The van der Waals surface area contributed by atoms with E-state index >= 15 is 0 Å². The lowest BCUT2D eigenvalue weighted by Gasteiger charge is -2.46. The quantitative estimate of drug-likeness (QED) is 0.719. The van der Waals surface area contributed by atoms with Crippen molar-refractivity contribution >= 4 is 11.6 Å². The first-order valence-electron chi connectivity index (χ1n) is 10.4. The van der Waals surface area contributed by atoms with Crippen molar-refractivity contribution in [2.45, 2.75) is 65.2 Å². The molecule has 1 aliphatic heterocycles. The summed E-state index contributed by atoms with van der Waals surface area (Å²) in [5, 5.41) is 3.53. The molecule has 2 aromatic rings. The summed E-state index contributed by atoms with van der Waals surface area (Å²) < 4.78 is 0. The van der Waals surface area contributed by atoms with Crippen molar-refractivity contribution < 1.29 is 4.79 Å². The van der Waals surface area contributed by atoms with Gasteiger partial charge in [0.25, 0.3) is 0 Å². The van der Waals surface area contributed by atoms with E-state index in [-0.39, 0.29) is 11.2 Å². The predicted molar refractivity (Wildman–Crippen MR) is 115 cm³/mol. The second kappa shape index (κ2) is 6.58. The highest BCUT2D eigenvalue weighted by Crippen LogP contribution is 2.53. The van der Waals surface area contributed by atoms with Crippen LogP contribution in [0.1, 0.15) is 76.5 Å². The van der Waals surface area contributed by atoms with Crippen molar-refractivity contribution in [3.63, 3.8) is 0 Å². The number of pyridine rings is 1. The number of hydrogen-bond acceptors (Lipinski definition) is 3. The number of nitrogens with one attached hydrogen (secondary N) is 1. The highest BCUT2D eigenvalue weighted by Gasteiger charge is 2.49. The van der Waals surface area contributed by atoms with Gasteiger partial charge in [0.1, 0.15) is 5.82 Å². The molecule has 0 fully saturated rings. The summed E-state index contributed by atoms with van der Waals surface area (Å²) in [5.41, 5.74) is 5.17. The predicted octanol–water partition coefficient (Wildman–Crippen LogP) is 5.97. The van der Waals surface area contributed by atoms with E-state index in [0.29, 0.717) is 12.3 Å². The van der Waals surface area contributed by atoms with Crippen molar-refractivity contribution in [3.05, 3.63) is 70.6 Å². The Morgan fingerprint density at radius 3 is 2.64 bits per heavy atom. The van der Waals surface area contributed by atoms with Gasteiger partial charge in [-0.1, -0.05) is 65.0 Å². The maximum Gasteiger partial charge on any atom is 0.162 e. The minimum atomic E-state index is -0.442. The molecule has 0 saturated heterocycles. The summed E-state index contributed by atoms with van der Waals surface area (Å²) in [6, 6.07) is 12.9. The molecule has 0 saturated carbocycles. The van der Waals surface area contributed by atoms with Gasteiger partial charge in [-0.15, -0.1) is 0 Å². The summed E-state index contributed by atoms with van der Waals surface area (Å²) in [6.45, 7) is 11.0. The van der Waals surface area contributed by atoms with Crippen LogP contribution in [0.15, 0.2) is 53.9 Å². The number of carbonyl (C=O) groups is 1. The van der Waals surface area contributed by atoms with E-state index in [9.17, 15) is 4.79 Å². The van der Waals surface area contributed by atoms with E-state index < -0.39 is 5.41 Å². The number of aromatic nitrogens is 1. The molecule has 2 aliphatic rings. The second-order valence-corrected chi connectivity index (χ2v) is 9.36. The third kappa shape index (κ3) is 2.80. The van der Waals surface area contributed by atoms with Gasteiger partial charge in [-0.25, -0.2) is 4.98 Å². The third-order valence-corrected chi connectivity index (χ3v) is 6.42. The summed E-state index contributed by atoms with van der Waals surface area (Å²) >= 11 is 0. The van der Waals surface area contributed by atoms with E-state index in [1.807, 2.05) is 12.3 Å². The molecule has 1 aromatic heterocycles. The highest BCUT2D eigenvalue weighted by atomic mass is 16.1. The zero-order valence-corrected chi connectivity index (χ0v) is 17.6. The van der Waals surface area contributed by atoms with Crippen molar-refractivity contribution in [1.82, 2.24) is 4.98 Å². The lowest BCUT2D eigenvalue weighted by molar-refractivity contribution is -0.118. The smallest absolute Gasteiger partial charge is 0.162 e. The molecule has 28 heavy (non-hydrogen) atoms. The number of anilines is 1. The second-order valence-electron chi connectivity index (χ2n) is 9.36. The van der Waals surface area contributed by atoms with Crippen LogP contribution in [0.3, 0.4) is 0 Å². The SMILES string of the molecule is CC[C@@]1(c2cccc(C(C)C)c2)C2=C(CC(C)(C)CC2=O)Nc2ncccc21. The Bertz CT molecular complexity index is 970. The molecule has 1 N–H and O–H groups in total. The first-order chi connectivity index (χ1) is 13.3. The Hall–Kier alpha value is -2.42. The van der Waals surface area contributed by atoms with E-state index in [0.717, 1.165) is 35.5 Å². The molecule has 0 amide bonds. The zero-order chi connectivity index (χ0) is 20.1. The molecule has 0 bridgehead atoms. The number of rotatable bonds is 3. The van der Waals surface area contributed by atoms with E-state index in [4.69, 9.17) is 0 Å². The summed E-state index contributed by atoms with van der Waals surface area (Å²) in [6.07, 6.45) is 4.13. The maximum absolute atomic E-state index is 13.5. The average Bonchev–Trinajstić information content (AvgIpc) is 2.65. The van der Waals surface area contributed by atoms with Crippen LogP contribution >= 0.6 is 0 Å². The highest BCUT2D eigenvalue weighted by molar-refractivity contribution is 6.02. The van der Waals surface area contributed by atoms with Crippen LogP contribution in [0.4, 0.5) is 5.82 Å². The van der Waals surface area contributed by atoms with Crippen LogP contribution in [-0.4, -0.2) is 10.8 Å². The number of carbonyl (C=O) groups excluding carboxylic acids is 1. The van der Waals surface area contributed by atoms with Crippen molar-refractivity contribution in [2.24, 2.45) is 5.41 Å². The van der Waals surface area contributed by atoms with Crippen LogP contribution in [0.5, 0.6) is 0 Å².